The lowest BCUT2D eigenvalue weighted by Crippen LogP contribution is -2.39. The number of aliphatic hydroxyl groups is 1. The number of carbonyl (C=O) groups excluding carboxylic acids is 1. The minimum absolute atomic E-state index is 0.127. The zero-order chi connectivity index (χ0) is 14.7. The van der Waals surface area contributed by atoms with Crippen molar-refractivity contribution in [1.82, 2.24) is 0 Å². The van der Waals surface area contributed by atoms with Crippen molar-refractivity contribution >= 4 is 5.97 Å². The maximum atomic E-state index is 11.7. The summed E-state index contributed by atoms with van der Waals surface area (Å²) in [5.41, 5.74) is -0.478. The molecule has 5 nitrogen and oxygen atoms in total. The molecule has 0 aromatic carbocycles. The molecule has 1 aliphatic heterocycles. The second kappa shape index (κ2) is 4.16. The summed E-state index contributed by atoms with van der Waals surface area (Å²) in [5, 5.41) is 19.9. The van der Waals surface area contributed by atoms with Crippen molar-refractivity contribution in [3.8, 4) is 0 Å². The van der Waals surface area contributed by atoms with Crippen LogP contribution in [0.25, 0.3) is 0 Å². The van der Waals surface area contributed by atoms with Crippen LogP contribution in [-0.2, 0) is 14.4 Å². The fourth-order valence-corrected chi connectivity index (χ4v) is 3.90. The smallest absolute Gasteiger partial charge is 0.334 e. The van der Waals surface area contributed by atoms with Crippen molar-refractivity contribution in [2.24, 2.45) is 11.8 Å². The summed E-state index contributed by atoms with van der Waals surface area (Å²) in [6.45, 7) is 7.36. The standard InChI is InChI=1S/C15H20O5/c1-8-9-6-11-10(4-5-14(11,2)17)15(3,20-18)7-12(9)19-13(8)16/h4,9,11-12,17-18H,1,5-7H2,2-3H3/t9-,11-,12+,14-,15+/m1/s1. The fraction of sp³-hybridized carbons (Fsp3) is 0.667. The summed E-state index contributed by atoms with van der Waals surface area (Å²) in [5.74, 6) is -0.677. The molecule has 0 aromatic rings. The molecule has 20 heavy (non-hydrogen) atoms. The molecular weight excluding hydrogens is 260 g/mol. The molecule has 110 valence electrons. The summed E-state index contributed by atoms with van der Waals surface area (Å²) in [7, 11) is 0. The third kappa shape index (κ3) is 1.77. The molecular formula is C15H20O5. The van der Waals surface area contributed by atoms with Crippen molar-refractivity contribution in [2.45, 2.75) is 50.4 Å². The molecule has 2 aliphatic carbocycles. The zero-order valence-corrected chi connectivity index (χ0v) is 11.8. The van der Waals surface area contributed by atoms with Gasteiger partial charge in [-0.05, 0) is 32.3 Å². The van der Waals surface area contributed by atoms with E-state index >= 15 is 0 Å². The molecule has 5 atom stereocenters. The highest BCUT2D eigenvalue weighted by Crippen LogP contribution is 2.52. The van der Waals surface area contributed by atoms with Gasteiger partial charge < -0.3 is 9.84 Å². The quantitative estimate of drug-likeness (QED) is 0.252. The van der Waals surface area contributed by atoms with Gasteiger partial charge in [0.25, 0.3) is 0 Å². The first-order valence-electron chi connectivity index (χ1n) is 6.94. The van der Waals surface area contributed by atoms with E-state index in [1.165, 1.54) is 0 Å². The molecule has 0 bridgehead atoms. The van der Waals surface area contributed by atoms with Crippen LogP contribution < -0.4 is 0 Å². The van der Waals surface area contributed by atoms with Crippen LogP contribution in [-0.4, -0.2) is 33.6 Å². The molecule has 2 fully saturated rings. The molecule has 2 N–H and O–H groups in total. The second-order valence-corrected chi connectivity index (χ2v) is 6.61. The minimum atomic E-state index is -0.935. The van der Waals surface area contributed by atoms with E-state index < -0.39 is 11.2 Å². The first-order valence-corrected chi connectivity index (χ1v) is 6.94. The molecule has 3 rings (SSSR count). The molecule has 5 heteroatoms. The van der Waals surface area contributed by atoms with Crippen LogP contribution in [0.1, 0.15) is 33.1 Å². The second-order valence-electron chi connectivity index (χ2n) is 6.61. The van der Waals surface area contributed by atoms with Gasteiger partial charge in [-0.3, -0.25) is 5.26 Å². The molecule has 0 unspecified atom stereocenters. The van der Waals surface area contributed by atoms with Crippen molar-refractivity contribution in [1.29, 1.82) is 0 Å². The Morgan fingerprint density at radius 1 is 1.50 bits per heavy atom. The Morgan fingerprint density at radius 2 is 2.20 bits per heavy atom. The molecule has 0 amide bonds. The number of esters is 1. The summed E-state index contributed by atoms with van der Waals surface area (Å²) in [4.78, 5) is 16.4. The van der Waals surface area contributed by atoms with E-state index in [1.54, 1.807) is 13.8 Å². The summed E-state index contributed by atoms with van der Waals surface area (Å²) in [6, 6.07) is 0. The molecule has 1 saturated carbocycles. The van der Waals surface area contributed by atoms with Gasteiger partial charge in [0, 0.05) is 23.8 Å². The van der Waals surface area contributed by atoms with Crippen molar-refractivity contribution < 1.29 is 24.8 Å². The number of rotatable bonds is 1. The van der Waals surface area contributed by atoms with Gasteiger partial charge in [-0.2, -0.15) is 0 Å². The number of ether oxygens (including phenoxy) is 1. The van der Waals surface area contributed by atoms with Crippen molar-refractivity contribution in [3.05, 3.63) is 23.8 Å². The highest BCUT2D eigenvalue weighted by atomic mass is 17.1. The van der Waals surface area contributed by atoms with Gasteiger partial charge >= 0.3 is 5.97 Å². The maximum absolute atomic E-state index is 11.7. The van der Waals surface area contributed by atoms with Crippen LogP contribution in [0.15, 0.2) is 23.8 Å². The lowest BCUT2D eigenvalue weighted by molar-refractivity contribution is -0.312. The number of carbonyl (C=O) groups is 1. The number of fused-ring (bicyclic) bond motifs is 2. The molecule has 3 aliphatic rings. The van der Waals surface area contributed by atoms with Crippen molar-refractivity contribution in [3.63, 3.8) is 0 Å². The van der Waals surface area contributed by atoms with Crippen LogP contribution in [0.3, 0.4) is 0 Å². The molecule has 1 heterocycles. The highest BCUT2D eigenvalue weighted by molar-refractivity contribution is 5.90. The maximum Gasteiger partial charge on any atom is 0.334 e. The lowest BCUT2D eigenvalue weighted by atomic mass is 9.78. The van der Waals surface area contributed by atoms with Gasteiger partial charge in [0.15, 0.2) is 0 Å². The van der Waals surface area contributed by atoms with Gasteiger partial charge in [0.2, 0.25) is 0 Å². The summed E-state index contributed by atoms with van der Waals surface area (Å²) in [6.07, 6.45) is 3.07. The van der Waals surface area contributed by atoms with E-state index in [0.717, 1.165) is 5.57 Å². The third-order valence-electron chi connectivity index (χ3n) is 5.17. The van der Waals surface area contributed by atoms with Crippen LogP contribution in [0.2, 0.25) is 0 Å². The Hall–Kier alpha value is -1.17. The fourth-order valence-electron chi connectivity index (χ4n) is 3.90. The van der Waals surface area contributed by atoms with Crippen molar-refractivity contribution in [2.75, 3.05) is 0 Å². The van der Waals surface area contributed by atoms with Crippen LogP contribution in [0.5, 0.6) is 0 Å². The average molecular weight is 280 g/mol. The predicted octanol–water partition coefficient (Wildman–Crippen LogP) is 1.82. The Bertz CT molecular complexity index is 506. The van der Waals surface area contributed by atoms with Crippen LogP contribution >= 0.6 is 0 Å². The van der Waals surface area contributed by atoms with E-state index in [1.807, 2.05) is 6.08 Å². The Kier molecular flexibility index (Phi) is 2.87. The van der Waals surface area contributed by atoms with Gasteiger partial charge in [0.1, 0.15) is 11.7 Å². The first kappa shape index (κ1) is 13.8. The largest absolute Gasteiger partial charge is 0.458 e. The number of hydrogen-bond acceptors (Lipinski definition) is 5. The van der Waals surface area contributed by atoms with Crippen LogP contribution in [0, 0.1) is 11.8 Å². The summed E-state index contributed by atoms with van der Waals surface area (Å²) < 4.78 is 5.35. The van der Waals surface area contributed by atoms with Gasteiger partial charge in [-0.25, -0.2) is 9.68 Å². The minimum Gasteiger partial charge on any atom is -0.458 e. The van der Waals surface area contributed by atoms with E-state index in [4.69, 9.17) is 9.62 Å². The molecule has 1 saturated heterocycles. The Balaban J connectivity index is 2.03. The Morgan fingerprint density at radius 3 is 2.85 bits per heavy atom. The van der Waals surface area contributed by atoms with Gasteiger partial charge in [-0.15, -0.1) is 0 Å². The monoisotopic (exact) mass is 280 g/mol. The molecule has 0 spiro atoms. The van der Waals surface area contributed by atoms with E-state index in [0.29, 0.717) is 24.8 Å². The first-order chi connectivity index (χ1) is 9.28. The van der Waals surface area contributed by atoms with E-state index in [2.05, 4.69) is 6.58 Å². The Labute approximate surface area is 117 Å². The highest BCUT2D eigenvalue weighted by Gasteiger charge is 2.55. The predicted molar refractivity (Wildman–Crippen MR) is 70.7 cm³/mol. The van der Waals surface area contributed by atoms with E-state index in [9.17, 15) is 15.2 Å². The molecule has 0 radical (unpaired) electrons. The van der Waals surface area contributed by atoms with E-state index in [-0.39, 0.29) is 23.9 Å². The average Bonchev–Trinajstić information content (AvgIpc) is 2.76. The SMILES string of the molecule is C=C1C(=O)O[C@H]2C[C@](C)(OO)C3=CC[C@@](C)(O)[C@@H]3C[C@H]12. The topological polar surface area (TPSA) is 76.0 Å². The summed E-state index contributed by atoms with van der Waals surface area (Å²) >= 11 is 0. The van der Waals surface area contributed by atoms with Gasteiger partial charge in [0.05, 0.1) is 5.60 Å². The van der Waals surface area contributed by atoms with Gasteiger partial charge in [-0.1, -0.05) is 12.7 Å². The van der Waals surface area contributed by atoms with Crippen LogP contribution in [0.4, 0.5) is 0 Å². The third-order valence-corrected chi connectivity index (χ3v) is 5.17. The molecule has 0 aromatic heterocycles. The zero-order valence-electron chi connectivity index (χ0n) is 11.8. The lowest BCUT2D eigenvalue weighted by Gasteiger charge is -2.34. The normalized spacial score (nSPS) is 47.4. The number of hydrogen-bond donors (Lipinski definition) is 2.